The van der Waals surface area contributed by atoms with E-state index in [0.29, 0.717) is 13.0 Å². The summed E-state index contributed by atoms with van der Waals surface area (Å²) in [5.74, 6) is -0.767. The van der Waals surface area contributed by atoms with E-state index >= 15 is 0 Å². The Labute approximate surface area is 184 Å². The summed E-state index contributed by atoms with van der Waals surface area (Å²) in [6.07, 6.45) is 4.83. The molecule has 0 radical (unpaired) electrons. The maximum absolute atomic E-state index is 13.5. The number of benzene rings is 1. The molecule has 3 fully saturated rings. The zero-order valence-electron chi connectivity index (χ0n) is 18.9. The molecule has 3 aliphatic heterocycles. The SMILES string of the molecule is COC(=O)[C@]1(CC(=O)N2[C@@H](C)CCC[C@@H]2C)C(=O)C[C@H]2CC[C@@H]1N2Cc1ccccc1. The van der Waals surface area contributed by atoms with Crippen molar-refractivity contribution in [2.45, 2.75) is 89.5 Å². The Morgan fingerprint density at radius 2 is 1.74 bits per heavy atom. The van der Waals surface area contributed by atoms with Crippen LogP contribution in [0.2, 0.25) is 0 Å². The fourth-order valence-corrected chi connectivity index (χ4v) is 6.26. The van der Waals surface area contributed by atoms with Crippen LogP contribution in [0.25, 0.3) is 0 Å². The summed E-state index contributed by atoms with van der Waals surface area (Å²) < 4.78 is 5.20. The quantitative estimate of drug-likeness (QED) is 0.534. The molecule has 2 bridgehead atoms. The standard InChI is InChI=1S/C25H34N2O4/c1-17-8-7-9-18(2)27(17)23(29)15-25(24(30)31-3)21-13-12-20(14-22(25)28)26(21)16-19-10-5-4-6-11-19/h4-6,10-11,17-18,20-21H,7-9,12-16H2,1-3H3/t17-,18-,20+,21-,25-/m0/s1. The number of rotatable bonds is 5. The molecule has 0 spiro atoms. The van der Waals surface area contributed by atoms with Crippen LogP contribution in [0.1, 0.15) is 64.4 Å². The van der Waals surface area contributed by atoms with Gasteiger partial charge in [-0.3, -0.25) is 19.3 Å². The van der Waals surface area contributed by atoms with Crippen molar-refractivity contribution in [3.8, 4) is 0 Å². The summed E-state index contributed by atoms with van der Waals surface area (Å²) in [4.78, 5) is 44.4. The minimum absolute atomic E-state index is 0.0874. The van der Waals surface area contributed by atoms with Crippen molar-refractivity contribution < 1.29 is 19.1 Å². The first kappa shape index (κ1) is 22.0. The molecule has 0 saturated carbocycles. The molecule has 3 saturated heterocycles. The molecule has 6 heteroatoms. The molecule has 1 aromatic carbocycles. The number of carbonyl (C=O) groups is 3. The number of hydrogen-bond acceptors (Lipinski definition) is 5. The second kappa shape index (κ2) is 8.73. The number of methoxy groups -OCH3 is 1. The molecule has 0 N–H and O–H groups in total. The molecule has 3 heterocycles. The highest BCUT2D eigenvalue weighted by molar-refractivity contribution is 6.08. The van der Waals surface area contributed by atoms with Gasteiger partial charge in [0.15, 0.2) is 11.2 Å². The van der Waals surface area contributed by atoms with Crippen molar-refractivity contribution in [2.24, 2.45) is 5.41 Å². The summed E-state index contributed by atoms with van der Waals surface area (Å²) in [6, 6.07) is 10.2. The van der Waals surface area contributed by atoms with Crippen LogP contribution in [0, 0.1) is 5.41 Å². The number of likely N-dealkylation sites (tertiary alicyclic amines) is 1. The first-order chi connectivity index (χ1) is 14.9. The third-order valence-electron chi connectivity index (χ3n) is 7.80. The van der Waals surface area contributed by atoms with Crippen molar-refractivity contribution in [1.82, 2.24) is 9.80 Å². The molecule has 0 unspecified atom stereocenters. The first-order valence-corrected chi connectivity index (χ1v) is 11.6. The van der Waals surface area contributed by atoms with Crippen LogP contribution in [0.4, 0.5) is 0 Å². The number of ether oxygens (including phenoxy) is 1. The third-order valence-corrected chi connectivity index (χ3v) is 7.80. The number of Topliss-reactive ketones (excluding diaryl/α,β-unsaturated/α-hetero) is 1. The normalized spacial score (nSPS) is 33.4. The number of piperidine rings is 2. The molecule has 5 atom stereocenters. The van der Waals surface area contributed by atoms with Crippen molar-refractivity contribution in [1.29, 1.82) is 0 Å². The highest BCUT2D eigenvalue weighted by Crippen LogP contribution is 2.48. The average molecular weight is 427 g/mol. The number of esters is 1. The maximum Gasteiger partial charge on any atom is 0.321 e. The molecule has 0 aromatic heterocycles. The lowest BCUT2D eigenvalue weighted by Gasteiger charge is -2.47. The Morgan fingerprint density at radius 3 is 2.39 bits per heavy atom. The van der Waals surface area contributed by atoms with E-state index in [1.165, 1.54) is 7.11 Å². The predicted octanol–water partition coefficient (Wildman–Crippen LogP) is 3.33. The molecular weight excluding hydrogens is 392 g/mol. The lowest BCUT2D eigenvalue weighted by Crippen LogP contribution is -2.62. The second-order valence-corrected chi connectivity index (χ2v) is 9.60. The minimum atomic E-state index is -1.41. The van der Waals surface area contributed by atoms with Crippen LogP contribution in [0.15, 0.2) is 30.3 Å². The van der Waals surface area contributed by atoms with Gasteiger partial charge in [-0.15, -0.1) is 0 Å². The number of carbonyl (C=O) groups excluding carboxylic acids is 3. The van der Waals surface area contributed by atoms with E-state index in [-0.39, 0.29) is 42.3 Å². The van der Waals surface area contributed by atoms with Gasteiger partial charge in [-0.1, -0.05) is 30.3 Å². The van der Waals surface area contributed by atoms with Gasteiger partial charge in [0.2, 0.25) is 5.91 Å². The van der Waals surface area contributed by atoms with Crippen LogP contribution in [0.3, 0.4) is 0 Å². The van der Waals surface area contributed by atoms with E-state index in [9.17, 15) is 14.4 Å². The van der Waals surface area contributed by atoms with Gasteiger partial charge in [-0.25, -0.2) is 0 Å². The lowest BCUT2D eigenvalue weighted by atomic mass is 9.69. The summed E-state index contributed by atoms with van der Waals surface area (Å²) in [5, 5.41) is 0. The van der Waals surface area contributed by atoms with E-state index < -0.39 is 11.4 Å². The predicted molar refractivity (Wildman–Crippen MR) is 117 cm³/mol. The second-order valence-electron chi connectivity index (χ2n) is 9.60. The van der Waals surface area contributed by atoms with Crippen molar-refractivity contribution >= 4 is 17.7 Å². The highest BCUT2D eigenvalue weighted by Gasteiger charge is 2.62. The average Bonchev–Trinajstić information content (AvgIpc) is 3.07. The van der Waals surface area contributed by atoms with E-state index in [0.717, 1.165) is 37.7 Å². The molecule has 0 aliphatic carbocycles. The van der Waals surface area contributed by atoms with E-state index in [4.69, 9.17) is 4.74 Å². The molecule has 31 heavy (non-hydrogen) atoms. The Hall–Kier alpha value is -2.21. The van der Waals surface area contributed by atoms with Gasteiger partial charge in [0.05, 0.1) is 13.5 Å². The Bertz CT molecular complexity index is 831. The van der Waals surface area contributed by atoms with E-state index in [1.54, 1.807) is 0 Å². The van der Waals surface area contributed by atoms with E-state index in [2.05, 4.69) is 30.9 Å². The number of hydrogen-bond donors (Lipinski definition) is 0. The summed E-state index contributed by atoms with van der Waals surface area (Å²) >= 11 is 0. The molecule has 3 aliphatic rings. The van der Waals surface area contributed by atoms with Gasteiger partial charge in [-0.05, 0) is 51.5 Å². The summed E-state index contributed by atoms with van der Waals surface area (Å²) in [6.45, 7) is 4.80. The van der Waals surface area contributed by atoms with Crippen molar-refractivity contribution in [3.05, 3.63) is 35.9 Å². The fourth-order valence-electron chi connectivity index (χ4n) is 6.26. The molecule has 1 aromatic rings. The molecule has 1 amide bonds. The fraction of sp³-hybridized carbons (Fsp3) is 0.640. The van der Waals surface area contributed by atoms with Crippen LogP contribution < -0.4 is 0 Å². The van der Waals surface area contributed by atoms with E-state index in [1.807, 2.05) is 23.1 Å². The number of nitrogens with zero attached hydrogens (tertiary/aromatic N) is 2. The number of amides is 1. The number of ketones is 1. The zero-order valence-corrected chi connectivity index (χ0v) is 18.9. The zero-order chi connectivity index (χ0) is 22.2. The van der Waals surface area contributed by atoms with Crippen molar-refractivity contribution in [3.63, 3.8) is 0 Å². The maximum atomic E-state index is 13.5. The lowest BCUT2D eigenvalue weighted by molar-refractivity contribution is -0.172. The smallest absolute Gasteiger partial charge is 0.321 e. The topological polar surface area (TPSA) is 66.9 Å². The van der Waals surface area contributed by atoms with Gasteiger partial charge in [0.25, 0.3) is 0 Å². The van der Waals surface area contributed by atoms with Crippen LogP contribution in [0.5, 0.6) is 0 Å². The minimum Gasteiger partial charge on any atom is -0.468 e. The number of fused-ring (bicyclic) bond motifs is 2. The van der Waals surface area contributed by atoms with Crippen LogP contribution in [-0.4, -0.2) is 58.7 Å². The van der Waals surface area contributed by atoms with Gasteiger partial charge in [-0.2, -0.15) is 0 Å². The van der Waals surface area contributed by atoms with Crippen LogP contribution in [-0.2, 0) is 25.7 Å². The largest absolute Gasteiger partial charge is 0.468 e. The molecule has 4 rings (SSSR count). The monoisotopic (exact) mass is 426 g/mol. The molecule has 6 nitrogen and oxygen atoms in total. The van der Waals surface area contributed by atoms with Crippen LogP contribution >= 0.6 is 0 Å². The Balaban J connectivity index is 1.66. The summed E-state index contributed by atoms with van der Waals surface area (Å²) in [5.41, 5.74) is -0.262. The van der Waals surface area contributed by atoms with Crippen molar-refractivity contribution in [2.75, 3.05) is 7.11 Å². The Morgan fingerprint density at radius 1 is 1.06 bits per heavy atom. The van der Waals surface area contributed by atoms with Gasteiger partial charge >= 0.3 is 5.97 Å². The first-order valence-electron chi connectivity index (χ1n) is 11.6. The highest BCUT2D eigenvalue weighted by atomic mass is 16.5. The van der Waals surface area contributed by atoms with Gasteiger partial charge in [0, 0.05) is 37.1 Å². The summed E-state index contributed by atoms with van der Waals surface area (Å²) in [7, 11) is 1.33. The van der Waals surface area contributed by atoms with Gasteiger partial charge in [0.1, 0.15) is 0 Å². The Kier molecular flexibility index (Phi) is 6.20. The third kappa shape index (κ3) is 3.79. The molecular formula is C25H34N2O4. The molecule has 168 valence electrons. The van der Waals surface area contributed by atoms with Gasteiger partial charge < -0.3 is 9.64 Å².